The molecule has 2 heterocycles. The molecule has 0 saturated heterocycles. The molecule has 2 aromatic rings. The summed E-state index contributed by atoms with van der Waals surface area (Å²) in [5, 5.41) is 2.59. The summed E-state index contributed by atoms with van der Waals surface area (Å²) in [6, 6.07) is 3.69. The second-order valence-electron chi connectivity index (χ2n) is 3.34. The van der Waals surface area contributed by atoms with E-state index in [4.69, 9.17) is 0 Å². The van der Waals surface area contributed by atoms with Gasteiger partial charge in [-0.05, 0) is 17.5 Å². The molecule has 0 fully saturated rings. The number of aromatic nitrogens is 1. The Morgan fingerprint density at radius 1 is 1.50 bits per heavy atom. The van der Waals surface area contributed by atoms with Crippen molar-refractivity contribution in [2.45, 2.75) is 13.0 Å². The molecule has 0 unspecified atom stereocenters. The molecular weight excluding hydrogens is 226 g/mol. The summed E-state index contributed by atoms with van der Waals surface area (Å²) in [4.78, 5) is 22.9. The Kier molecular flexibility index (Phi) is 3.05. The zero-order chi connectivity index (χ0) is 11.5. The first kappa shape index (κ1) is 10.9. The average Bonchev–Trinajstić information content (AvgIpc) is 2.76. The minimum atomic E-state index is -0.308. The molecule has 4 nitrogen and oxygen atoms in total. The predicted octanol–water partition coefficient (Wildman–Crippen LogP) is 1.63. The Hall–Kier alpha value is -1.62. The van der Waals surface area contributed by atoms with Crippen molar-refractivity contribution in [1.82, 2.24) is 4.57 Å². The second kappa shape index (κ2) is 4.49. The van der Waals surface area contributed by atoms with E-state index in [9.17, 15) is 9.59 Å². The van der Waals surface area contributed by atoms with Crippen molar-refractivity contribution in [2.24, 2.45) is 0 Å². The number of hydrogen-bond donors (Lipinski definition) is 0. The highest BCUT2D eigenvalue weighted by atomic mass is 32.1. The molecule has 0 amide bonds. The van der Waals surface area contributed by atoms with Gasteiger partial charge in [-0.25, -0.2) is 0 Å². The Labute approximate surface area is 96.1 Å². The first-order valence-corrected chi connectivity index (χ1v) is 5.74. The van der Waals surface area contributed by atoms with E-state index in [-0.39, 0.29) is 17.9 Å². The lowest BCUT2D eigenvalue weighted by Gasteiger charge is -2.04. The smallest absolute Gasteiger partial charge is 0.307 e. The molecule has 0 aromatic carbocycles. The van der Waals surface area contributed by atoms with Crippen LogP contribution in [0.15, 0.2) is 28.5 Å². The van der Waals surface area contributed by atoms with Gasteiger partial charge in [0.05, 0.1) is 18.9 Å². The number of aryl methyl sites for hydroxylation is 1. The molecule has 5 heteroatoms. The van der Waals surface area contributed by atoms with E-state index in [0.717, 1.165) is 4.70 Å². The van der Waals surface area contributed by atoms with Crippen LogP contribution in [-0.2, 0) is 16.1 Å². The van der Waals surface area contributed by atoms with Crippen molar-refractivity contribution >= 4 is 27.4 Å². The number of esters is 1. The summed E-state index contributed by atoms with van der Waals surface area (Å²) in [5.41, 5.74) is -0.0531. The molecule has 2 aromatic heterocycles. The van der Waals surface area contributed by atoms with Gasteiger partial charge in [0.15, 0.2) is 0 Å². The zero-order valence-electron chi connectivity index (χ0n) is 8.80. The number of hydrogen-bond acceptors (Lipinski definition) is 4. The van der Waals surface area contributed by atoms with Gasteiger partial charge in [-0.2, -0.15) is 0 Å². The van der Waals surface area contributed by atoms with Gasteiger partial charge in [0, 0.05) is 17.4 Å². The summed E-state index contributed by atoms with van der Waals surface area (Å²) in [7, 11) is 1.34. The van der Waals surface area contributed by atoms with Crippen LogP contribution in [0.2, 0.25) is 0 Å². The normalized spacial score (nSPS) is 10.6. The highest BCUT2D eigenvalue weighted by Gasteiger charge is 2.05. The van der Waals surface area contributed by atoms with Crippen LogP contribution >= 0.6 is 11.3 Å². The lowest BCUT2D eigenvalue weighted by molar-refractivity contribution is -0.140. The molecule has 0 bridgehead atoms. The van der Waals surface area contributed by atoms with Crippen LogP contribution in [0.5, 0.6) is 0 Å². The number of carbonyl (C=O) groups excluding carboxylic acids is 1. The number of fused-ring (bicyclic) bond motifs is 1. The maximum absolute atomic E-state index is 11.9. The van der Waals surface area contributed by atoms with Crippen LogP contribution in [0.1, 0.15) is 6.42 Å². The molecule has 0 radical (unpaired) electrons. The fourth-order valence-corrected chi connectivity index (χ4v) is 2.27. The van der Waals surface area contributed by atoms with Crippen LogP contribution in [0.25, 0.3) is 10.1 Å². The van der Waals surface area contributed by atoms with E-state index < -0.39 is 0 Å². The summed E-state index contributed by atoms with van der Waals surface area (Å²) in [6.07, 6.45) is 1.93. The fraction of sp³-hybridized carbons (Fsp3) is 0.273. The quantitative estimate of drug-likeness (QED) is 0.762. The monoisotopic (exact) mass is 237 g/mol. The number of ether oxygens (including phenoxy) is 1. The van der Waals surface area contributed by atoms with Crippen molar-refractivity contribution in [3.8, 4) is 0 Å². The van der Waals surface area contributed by atoms with E-state index >= 15 is 0 Å². The summed E-state index contributed by atoms with van der Waals surface area (Å²) in [5.74, 6) is -0.308. The third-order valence-electron chi connectivity index (χ3n) is 2.38. The molecule has 0 N–H and O–H groups in total. The Balaban J connectivity index is 2.28. The number of methoxy groups -OCH3 is 1. The van der Waals surface area contributed by atoms with Crippen LogP contribution in [0, 0.1) is 0 Å². The van der Waals surface area contributed by atoms with Gasteiger partial charge in [0.25, 0.3) is 5.56 Å². The van der Waals surface area contributed by atoms with Crippen molar-refractivity contribution in [1.29, 1.82) is 0 Å². The second-order valence-corrected chi connectivity index (χ2v) is 4.29. The Morgan fingerprint density at radius 3 is 3.06 bits per heavy atom. The topological polar surface area (TPSA) is 48.3 Å². The summed E-state index contributed by atoms with van der Waals surface area (Å²) in [6.45, 7) is 0.358. The lowest BCUT2D eigenvalue weighted by Crippen LogP contribution is -2.20. The summed E-state index contributed by atoms with van der Waals surface area (Å²) < 4.78 is 7.04. The third-order valence-corrected chi connectivity index (χ3v) is 3.26. The van der Waals surface area contributed by atoms with Gasteiger partial charge >= 0.3 is 5.97 Å². The van der Waals surface area contributed by atoms with Crippen molar-refractivity contribution in [3.63, 3.8) is 0 Å². The maximum atomic E-state index is 11.9. The molecule has 0 aliphatic rings. The minimum Gasteiger partial charge on any atom is -0.469 e. The predicted molar refractivity (Wildman–Crippen MR) is 62.7 cm³/mol. The fourth-order valence-electron chi connectivity index (χ4n) is 1.50. The molecule has 0 spiro atoms. The van der Waals surface area contributed by atoms with Gasteiger partial charge in [-0.15, -0.1) is 11.3 Å². The van der Waals surface area contributed by atoms with Gasteiger partial charge in [-0.1, -0.05) is 0 Å². The molecule has 0 aliphatic carbocycles. The largest absolute Gasteiger partial charge is 0.469 e. The number of pyridine rings is 1. The molecule has 0 atom stereocenters. The molecule has 16 heavy (non-hydrogen) atoms. The zero-order valence-corrected chi connectivity index (χ0v) is 9.62. The number of nitrogens with zero attached hydrogens (tertiary/aromatic N) is 1. The number of rotatable bonds is 3. The summed E-state index contributed by atoms with van der Waals surface area (Å²) >= 11 is 1.53. The van der Waals surface area contributed by atoms with Gasteiger partial charge in [0.2, 0.25) is 0 Å². The third kappa shape index (κ3) is 1.99. The molecular formula is C11H11NO3S. The molecule has 2 rings (SSSR count). The first-order chi connectivity index (χ1) is 7.72. The lowest BCUT2D eigenvalue weighted by atomic mass is 10.3. The highest BCUT2D eigenvalue weighted by Crippen LogP contribution is 2.16. The van der Waals surface area contributed by atoms with Crippen LogP contribution < -0.4 is 5.56 Å². The van der Waals surface area contributed by atoms with Gasteiger partial charge < -0.3 is 9.30 Å². The van der Waals surface area contributed by atoms with E-state index in [1.807, 2.05) is 11.4 Å². The molecule has 0 aliphatic heterocycles. The maximum Gasteiger partial charge on any atom is 0.307 e. The first-order valence-electron chi connectivity index (χ1n) is 4.86. The number of thiophene rings is 1. The Morgan fingerprint density at radius 2 is 2.31 bits per heavy atom. The van der Waals surface area contributed by atoms with E-state index in [2.05, 4.69) is 4.74 Å². The standard InChI is InChI=1S/C11H11NO3S/c1-15-10(13)3-6-12-5-2-9-8(11(12)14)4-7-16-9/h2,4-5,7H,3,6H2,1H3. The van der Waals surface area contributed by atoms with Crippen LogP contribution in [0.3, 0.4) is 0 Å². The average molecular weight is 237 g/mol. The SMILES string of the molecule is COC(=O)CCn1ccc2sccc2c1=O. The van der Waals surface area contributed by atoms with E-state index in [0.29, 0.717) is 11.9 Å². The van der Waals surface area contributed by atoms with Crippen molar-refractivity contribution in [3.05, 3.63) is 34.1 Å². The van der Waals surface area contributed by atoms with Crippen LogP contribution in [-0.4, -0.2) is 17.6 Å². The van der Waals surface area contributed by atoms with Crippen molar-refractivity contribution in [2.75, 3.05) is 7.11 Å². The van der Waals surface area contributed by atoms with Crippen molar-refractivity contribution < 1.29 is 9.53 Å². The van der Waals surface area contributed by atoms with E-state index in [1.54, 1.807) is 12.3 Å². The number of carbonyl (C=O) groups is 1. The van der Waals surface area contributed by atoms with Gasteiger partial charge in [-0.3, -0.25) is 9.59 Å². The highest BCUT2D eigenvalue weighted by molar-refractivity contribution is 7.17. The Bertz CT molecular complexity index is 570. The minimum absolute atomic E-state index is 0.0531. The molecule has 0 saturated carbocycles. The molecule has 84 valence electrons. The van der Waals surface area contributed by atoms with Crippen LogP contribution in [0.4, 0.5) is 0 Å². The van der Waals surface area contributed by atoms with Gasteiger partial charge in [0.1, 0.15) is 0 Å². The van der Waals surface area contributed by atoms with E-state index in [1.165, 1.54) is 23.0 Å².